The van der Waals surface area contributed by atoms with Gasteiger partial charge in [0.25, 0.3) is 0 Å². The molecule has 0 spiro atoms. The SMILES string of the molecule is CC/C(C(C)=O)=C(\C)NC(C)C. The van der Waals surface area contributed by atoms with Gasteiger partial charge >= 0.3 is 0 Å². The summed E-state index contributed by atoms with van der Waals surface area (Å²) in [5, 5.41) is 3.23. The normalized spacial score (nSPS) is 12.8. The molecule has 0 radical (unpaired) electrons. The Kier molecular flexibility index (Phi) is 4.64. The van der Waals surface area contributed by atoms with Crippen LogP contribution in [0.2, 0.25) is 0 Å². The predicted molar refractivity (Wildman–Crippen MR) is 51.9 cm³/mol. The quantitative estimate of drug-likeness (QED) is 0.654. The van der Waals surface area contributed by atoms with E-state index in [0.29, 0.717) is 6.04 Å². The first kappa shape index (κ1) is 11.2. The Morgan fingerprint density at radius 1 is 1.33 bits per heavy atom. The lowest BCUT2D eigenvalue weighted by atomic mass is 10.1. The lowest BCUT2D eigenvalue weighted by molar-refractivity contribution is -0.113. The van der Waals surface area contributed by atoms with Crippen LogP contribution >= 0.6 is 0 Å². The second kappa shape index (κ2) is 4.96. The van der Waals surface area contributed by atoms with Crippen LogP contribution in [-0.4, -0.2) is 11.8 Å². The van der Waals surface area contributed by atoms with Gasteiger partial charge < -0.3 is 5.32 Å². The molecular formula is C10H19NO. The minimum absolute atomic E-state index is 0.170. The third-order valence-electron chi connectivity index (χ3n) is 1.74. The van der Waals surface area contributed by atoms with Crippen molar-refractivity contribution >= 4 is 5.78 Å². The number of hydrogen-bond acceptors (Lipinski definition) is 2. The predicted octanol–water partition coefficient (Wildman–Crippen LogP) is 2.26. The molecule has 0 aliphatic heterocycles. The maximum absolute atomic E-state index is 11.1. The highest BCUT2D eigenvalue weighted by atomic mass is 16.1. The second-order valence-electron chi connectivity index (χ2n) is 3.31. The fourth-order valence-corrected chi connectivity index (χ4v) is 1.30. The summed E-state index contributed by atoms with van der Waals surface area (Å²) in [6, 6.07) is 0.394. The van der Waals surface area contributed by atoms with Gasteiger partial charge in [0.1, 0.15) is 0 Å². The van der Waals surface area contributed by atoms with E-state index >= 15 is 0 Å². The molecule has 2 nitrogen and oxygen atoms in total. The van der Waals surface area contributed by atoms with Crippen molar-refractivity contribution in [3.63, 3.8) is 0 Å². The van der Waals surface area contributed by atoms with Crippen molar-refractivity contribution in [3.8, 4) is 0 Å². The van der Waals surface area contributed by atoms with Crippen LogP contribution in [0.5, 0.6) is 0 Å². The Morgan fingerprint density at radius 2 is 1.83 bits per heavy atom. The second-order valence-corrected chi connectivity index (χ2v) is 3.31. The van der Waals surface area contributed by atoms with E-state index in [9.17, 15) is 4.79 Å². The molecule has 0 amide bonds. The van der Waals surface area contributed by atoms with E-state index in [1.807, 2.05) is 13.8 Å². The summed E-state index contributed by atoms with van der Waals surface area (Å²) in [5.41, 5.74) is 1.92. The average molecular weight is 169 g/mol. The average Bonchev–Trinajstić information content (AvgIpc) is 1.85. The zero-order chi connectivity index (χ0) is 9.72. The zero-order valence-corrected chi connectivity index (χ0v) is 8.69. The molecule has 1 N–H and O–H groups in total. The molecule has 2 heteroatoms. The van der Waals surface area contributed by atoms with E-state index < -0.39 is 0 Å². The summed E-state index contributed by atoms with van der Waals surface area (Å²) in [6.07, 6.45) is 0.806. The molecular weight excluding hydrogens is 150 g/mol. The van der Waals surface area contributed by atoms with Gasteiger partial charge in [-0.2, -0.15) is 0 Å². The molecule has 0 aromatic carbocycles. The van der Waals surface area contributed by atoms with E-state index in [1.54, 1.807) is 6.92 Å². The van der Waals surface area contributed by atoms with Crippen molar-refractivity contribution in [2.45, 2.75) is 47.1 Å². The maximum Gasteiger partial charge on any atom is 0.157 e. The van der Waals surface area contributed by atoms with Crippen molar-refractivity contribution in [2.75, 3.05) is 0 Å². The third kappa shape index (κ3) is 3.56. The fraction of sp³-hybridized carbons (Fsp3) is 0.700. The van der Waals surface area contributed by atoms with Gasteiger partial charge in [0, 0.05) is 17.3 Å². The van der Waals surface area contributed by atoms with Crippen molar-refractivity contribution in [1.29, 1.82) is 0 Å². The summed E-state index contributed by atoms with van der Waals surface area (Å²) < 4.78 is 0. The molecule has 0 saturated carbocycles. The van der Waals surface area contributed by atoms with Crippen LogP contribution in [0.4, 0.5) is 0 Å². The van der Waals surface area contributed by atoms with Crippen molar-refractivity contribution in [2.24, 2.45) is 0 Å². The zero-order valence-electron chi connectivity index (χ0n) is 8.69. The van der Waals surface area contributed by atoms with Gasteiger partial charge in [-0.15, -0.1) is 0 Å². The van der Waals surface area contributed by atoms with Gasteiger partial charge in [-0.05, 0) is 34.1 Å². The van der Waals surface area contributed by atoms with E-state index in [-0.39, 0.29) is 5.78 Å². The molecule has 0 heterocycles. The standard InChI is InChI=1S/C10H19NO/c1-6-10(9(5)12)8(4)11-7(2)3/h7,11H,6H2,1-5H3/b10-8-. The Morgan fingerprint density at radius 3 is 2.08 bits per heavy atom. The summed E-state index contributed by atoms with van der Waals surface area (Å²) in [6.45, 7) is 9.71. The maximum atomic E-state index is 11.1. The van der Waals surface area contributed by atoms with Gasteiger partial charge in [0.15, 0.2) is 5.78 Å². The first-order chi connectivity index (χ1) is 5.49. The highest BCUT2D eigenvalue weighted by Crippen LogP contribution is 2.07. The molecule has 0 saturated heterocycles. The lowest BCUT2D eigenvalue weighted by Gasteiger charge is -2.13. The van der Waals surface area contributed by atoms with E-state index in [2.05, 4.69) is 19.2 Å². The van der Waals surface area contributed by atoms with Gasteiger partial charge in [0.05, 0.1) is 0 Å². The smallest absolute Gasteiger partial charge is 0.157 e. The number of carbonyl (C=O) groups excluding carboxylic acids is 1. The van der Waals surface area contributed by atoms with Crippen molar-refractivity contribution in [1.82, 2.24) is 5.32 Å². The van der Waals surface area contributed by atoms with Crippen molar-refractivity contribution in [3.05, 3.63) is 11.3 Å². The molecule has 0 bridgehead atoms. The molecule has 0 aromatic rings. The fourth-order valence-electron chi connectivity index (χ4n) is 1.30. The molecule has 0 aliphatic carbocycles. The number of hydrogen-bond donors (Lipinski definition) is 1. The first-order valence-corrected chi connectivity index (χ1v) is 4.46. The van der Waals surface area contributed by atoms with Crippen molar-refractivity contribution < 1.29 is 4.79 Å². The van der Waals surface area contributed by atoms with E-state index in [1.165, 1.54) is 0 Å². The molecule has 0 aliphatic rings. The summed E-state index contributed by atoms with van der Waals surface area (Å²) in [7, 11) is 0. The van der Waals surface area contributed by atoms with Gasteiger partial charge in [-0.1, -0.05) is 6.92 Å². The number of allylic oxidation sites excluding steroid dienone is 2. The Balaban J connectivity index is 4.49. The van der Waals surface area contributed by atoms with E-state index in [0.717, 1.165) is 17.7 Å². The van der Waals surface area contributed by atoms with Gasteiger partial charge in [-0.3, -0.25) is 4.79 Å². The number of nitrogens with one attached hydrogen (secondary N) is 1. The third-order valence-corrected chi connectivity index (χ3v) is 1.74. The molecule has 0 rings (SSSR count). The van der Waals surface area contributed by atoms with Gasteiger partial charge in [-0.25, -0.2) is 0 Å². The van der Waals surface area contributed by atoms with Crippen LogP contribution in [0.1, 0.15) is 41.0 Å². The van der Waals surface area contributed by atoms with Gasteiger partial charge in [0.2, 0.25) is 0 Å². The largest absolute Gasteiger partial charge is 0.386 e. The minimum Gasteiger partial charge on any atom is -0.386 e. The van der Waals surface area contributed by atoms with Crippen LogP contribution in [-0.2, 0) is 4.79 Å². The monoisotopic (exact) mass is 169 g/mol. The first-order valence-electron chi connectivity index (χ1n) is 4.46. The highest BCUT2D eigenvalue weighted by molar-refractivity contribution is 5.93. The molecule has 0 fully saturated rings. The molecule has 0 aromatic heterocycles. The molecule has 0 atom stereocenters. The topological polar surface area (TPSA) is 29.1 Å². The highest BCUT2D eigenvalue weighted by Gasteiger charge is 2.05. The summed E-state index contributed by atoms with van der Waals surface area (Å²) in [4.78, 5) is 11.1. The van der Waals surface area contributed by atoms with Crippen LogP contribution in [0.25, 0.3) is 0 Å². The minimum atomic E-state index is 0.170. The number of ketones is 1. The summed E-state index contributed by atoms with van der Waals surface area (Å²) >= 11 is 0. The Bertz CT molecular complexity index is 192. The number of Topliss-reactive ketones (excluding diaryl/α,β-unsaturated/α-hetero) is 1. The molecule has 12 heavy (non-hydrogen) atoms. The van der Waals surface area contributed by atoms with Crippen LogP contribution in [0.15, 0.2) is 11.3 Å². The summed E-state index contributed by atoms with van der Waals surface area (Å²) in [5.74, 6) is 0.170. The molecule has 0 unspecified atom stereocenters. The lowest BCUT2D eigenvalue weighted by Crippen LogP contribution is -2.22. The van der Waals surface area contributed by atoms with E-state index in [4.69, 9.17) is 0 Å². The van der Waals surface area contributed by atoms with Crippen LogP contribution in [0.3, 0.4) is 0 Å². The molecule has 70 valence electrons. The van der Waals surface area contributed by atoms with Crippen LogP contribution in [0, 0.1) is 0 Å². The number of rotatable bonds is 4. The number of carbonyl (C=O) groups is 1. The van der Waals surface area contributed by atoms with Crippen LogP contribution < -0.4 is 5.32 Å². The Hall–Kier alpha value is -0.790. The Labute approximate surface area is 75.0 Å².